The summed E-state index contributed by atoms with van der Waals surface area (Å²) >= 11 is 6.58. The van der Waals surface area contributed by atoms with Crippen LogP contribution in [0.3, 0.4) is 0 Å². The fraction of sp³-hybridized carbons (Fsp3) is 0. The maximum absolute atomic E-state index is 8.11. The van der Waals surface area contributed by atoms with E-state index in [4.69, 9.17) is 5.53 Å². The Labute approximate surface area is 80.3 Å². The fourth-order valence-electron chi connectivity index (χ4n) is 0.599. The third-order valence-corrected chi connectivity index (χ3v) is 2.94. The minimum atomic E-state index is 0.600. The van der Waals surface area contributed by atoms with Crippen LogP contribution in [0.15, 0.2) is 32.3 Å². The molecule has 0 unspecified atom stereocenters. The van der Waals surface area contributed by atoms with Crippen LogP contribution in [0.25, 0.3) is 10.4 Å². The van der Waals surface area contributed by atoms with Crippen LogP contribution in [0.2, 0.25) is 0 Å². The topological polar surface area (TPSA) is 48.8 Å². The largest absolute Gasteiger partial charge is 0.0607 e. The number of hydrogen-bond donors (Lipinski definition) is 0. The van der Waals surface area contributed by atoms with Crippen LogP contribution in [0.1, 0.15) is 0 Å². The Morgan fingerprint density at radius 2 is 2.00 bits per heavy atom. The van der Waals surface area contributed by atoms with Crippen LogP contribution in [-0.4, -0.2) is 0 Å². The molecule has 0 aromatic heterocycles. The first-order valence-corrected chi connectivity index (χ1v) is 4.33. The SMILES string of the molecule is [N-]=[N+]=Nc1ccc(Br)c(Br)c1. The molecule has 3 nitrogen and oxygen atoms in total. The van der Waals surface area contributed by atoms with Crippen LogP contribution >= 0.6 is 31.9 Å². The summed E-state index contributed by atoms with van der Waals surface area (Å²) in [6.07, 6.45) is 0. The number of azide groups is 1. The molecule has 0 saturated carbocycles. The molecule has 0 bridgehead atoms. The van der Waals surface area contributed by atoms with Gasteiger partial charge in [-0.1, -0.05) is 11.2 Å². The number of rotatable bonds is 1. The normalized spacial score (nSPS) is 8.91. The number of halogens is 2. The first-order chi connectivity index (χ1) is 5.24. The van der Waals surface area contributed by atoms with Crippen LogP contribution in [0.4, 0.5) is 5.69 Å². The molecule has 0 saturated heterocycles. The fourth-order valence-corrected chi connectivity index (χ4v) is 1.21. The molecule has 0 heterocycles. The van der Waals surface area contributed by atoms with Crippen molar-refractivity contribution in [3.8, 4) is 0 Å². The Morgan fingerprint density at radius 3 is 2.55 bits per heavy atom. The molecule has 56 valence electrons. The Balaban J connectivity index is 3.14. The van der Waals surface area contributed by atoms with Gasteiger partial charge in [0.15, 0.2) is 0 Å². The Bertz CT molecular complexity index is 318. The van der Waals surface area contributed by atoms with Gasteiger partial charge in [-0.25, -0.2) is 0 Å². The monoisotopic (exact) mass is 275 g/mol. The maximum Gasteiger partial charge on any atom is 0.0387 e. The molecule has 0 atom stereocenters. The molecule has 0 aliphatic rings. The van der Waals surface area contributed by atoms with Gasteiger partial charge in [-0.3, -0.25) is 0 Å². The molecule has 1 rings (SSSR count). The van der Waals surface area contributed by atoms with Crippen LogP contribution in [0.5, 0.6) is 0 Å². The smallest absolute Gasteiger partial charge is 0.0387 e. The second kappa shape index (κ2) is 3.76. The third kappa shape index (κ3) is 2.22. The summed E-state index contributed by atoms with van der Waals surface area (Å²) in [5.74, 6) is 0. The molecular weight excluding hydrogens is 274 g/mol. The molecule has 0 radical (unpaired) electrons. The van der Waals surface area contributed by atoms with E-state index in [1.165, 1.54) is 0 Å². The quantitative estimate of drug-likeness (QED) is 0.420. The summed E-state index contributed by atoms with van der Waals surface area (Å²) in [5.41, 5.74) is 8.71. The van der Waals surface area contributed by atoms with Gasteiger partial charge in [0.1, 0.15) is 0 Å². The van der Waals surface area contributed by atoms with E-state index in [1.54, 1.807) is 12.1 Å². The molecule has 0 fully saturated rings. The van der Waals surface area contributed by atoms with Crippen molar-refractivity contribution in [1.29, 1.82) is 0 Å². The molecule has 5 heteroatoms. The summed E-state index contributed by atoms with van der Waals surface area (Å²) in [5, 5.41) is 3.44. The van der Waals surface area contributed by atoms with Gasteiger partial charge in [-0.05, 0) is 49.5 Å². The lowest BCUT2D eigenvalue weighted by Crippen LogP contribution is -1.67. The lowest BCUT2D eigenvalue weighted by Gasteiger charge is -1.95. The minimum absolute atomic E-state index is 0.600. The number of benzene rings is 1. The molecule has 0 N–H and O–H groups in total. The average molecular weight is 277 g/mol. The first-order valence-electron chi connectivity index (χ1n) is 2.74. The van der Waals surface area contributed by atoms with E-state index in [9.17, 15) is 0 Å². The second-order valence-electron chi connectivity index (χ2n) is 1.79. The van der Waals surface area contributed by atoms with Crippen molar-refractivity contribution in [3.63, 3.8) is 0 Å². The van der Waals surface area contributed by atoms with Gasteiger partial charge in [-0.15, -0.1) is 0 Å². The van der Waals surface area contributed by atoms with E-state index in [1.807, 2.05) is 6.07 Å². The molecular formula is C6H3Br2N3. The second-order valence-corrected chi connectivity index (χ2v) is 3.50. The number of hydrogen-bond acceptors (Lipinski definition) is 1. The third-order valence-electron chi connectivity index (χ3n) is 1.06. The maximum atomic E-state index is 8.11. The zero-order valence-corrected chi connectivity index (χ0v) is 8.50. The highest BCUT2D eigenvalue weighted by atomic mass is 79.9. The van der Waals surface area contributed by atoms with Crippen LogP contribution < -0.4 is 0 Å². The molecule has 1 aromatic carbocycles. The molecule has 0 amide bonds. The Morgan fingerprint density at radius 1 is 1.27 bits per heavy atom. The van der Waals surface area contributed by atoms with Gasteiger partial charge in [-0.2, -0.15) is 0 Å². The molecule has 0 aliphatic carbocycles. The molecule has 0 aliphatic heterocycles. The lowest BCUT2D eigenvalue weighted by molar-refractivity contribution is 1.45. The van der Waals surface area contributed by atoms with E-state index in [0.717, 1.165) is 8.95 Å². The Kier molecular flexibility index (Phi) is 2.93. The van der Waals surface area contributed by atoms with Crippen molar-refractivity contribution in [2.75, 3.05) is 0 Å². The summed E-state index contributed by atoms with van der Waals surface area (Å²) in [6.45, 7) is 0. The predicted molar refractivity (Wildman–Crippen MR) is 50.6 cm³/mol. The van der Waals surface area contributed by atoms with Gasteiger partial charge in [0, 0.05) is 19.5 Å². The molecule has 0 spiro atoms. The van der Waals surface area contributed by atoms with Gasteiger partial charge >= 0.3 is 0 Å². The van der Waals surface area contributed by atoms with Crippen molar-refractivity contribution in [2.45, 2.75) is 0 Å². The van der Waals surface area contributed by atoms with Crippen molar-refractivity contribution in [3.05, 3.63) is 37.6 Å². The van der Waals surface area contributed by atoms with E-state index in [2.05, 4.69) is 41.9 Å². The van der Waals surface area contributed by atoms with Gasteiger partial charge in [0.05, 0.1) is 0 Å². The number of nitrogens with zero attached hydrogens (tertiary/aromatic N) is 3. The summed E-state index contributed by atoms with van der Waals surface area (Å²) in [4.78, 5) is 2.67. The zero-order valence-electron chi connectivity index (χ0n) is 5.33. The Hall–Kier alpha value is -0.510. The van der Waals surface area contributed by atoms with E-state index < -0.39 is 0 Å². The highest BCUT2D eigenvalue weighted by Gasteiger charge is 1.95. The highest BCUT2D eigenvalue weighted by molar-refractivity contribution is 9.13. The average Bonchev–Trinajstić information content (AvgIpc) is 1.98. The first kappa shape index (κ1) is 8.59. The summed E-state index contributed by atoms with van der Waals surface area (Å²) in [7, 11) is 0. The summed E-state index contributed by atoms with van der Waals surface area (Å²) < 4.78 is 1.82. The van der Waals surface area contributed by atoms with E-state index in [-0.39, 0.29) is 0 Å². The van der Waals surface area contributed by atoms with Crippen molar-refractivity contribution < 1.29 is 0 Å². The van der Waals surface area contributed by atoms with Crippen molar-refractivity contribution in [2.24, 2.45) is 5.11 Å². The van der Waals surface area contributed by atoms with Crippen LogP contribution in [0, 0.1) is 0 Å². The highest BCUT2D eigenvalue weighted by Crippen LogP contribution is 2.27. The lowest BCUT2D eigenvalue weighted by atomic mass is 10.3. The zero-order chi connectivity index (χ0) is 8.27. The van der Waals surface area contributed by atoms with Crippen LogP contribution in [-0.2, 0) is 0 Å². The van der Waals surface area contributed by atoms with Gasteiger partial charge < -0.3 is 0 Å². The van der Waals surface area contributed by atoms with Gasteiger partial charge in [0.2, 0.25) is 0 Å². The van der Waals surface area contributed by atoms with E-state index in [0.29, 0.717) is 5.69 Å². The standard InChI is InChI=1S/C6H3Br2N3/c7-5-2-1-4(10-11-9)3-6(5)8/h1-3H. The predicted octanol–water partition coefficient (Wildman–Crippen LogP) is 4.15. The van der Waals surface area contributed by atoms with Gasteiger partial charge in [0.25, 0.3) is 0 Å². The molecule has 1 aromatic rings. The van der Waals surface area contributed by atoms with Crippen molar-refractivity contribution in [1.82, 2.24) is 0 Å². The molecule has 11 heavy (non-hydrogen) atoms. The van der Waals surface area contributed by atoms with Crippen molar-refractivity contribution >= 4 is 37.5 Å². The summed E-state index contributed by atoms with van der Waals surface area (Å²) in [6, 6.07) is 5.28. The minimum Gasteiger partial charge on any atom is -0.0607 e. The van der Waals surface area contributed by atoms with E-state index >= 15 is 0 Å².